The van der Waals surface area contributed by atoms with Crippen molar-refractivity contribution in [3.05, 3.63) is 29.3 Å². The van der Waals surface area contributed by atoms with Gasteiger partial charge in [0.05, 0.1) is 0 Å². The summed E-state index contributed by atoms with van der Waals surface area (Å²) < 4.78 is 6.58. The Balaban J connectivity index is 1.10. The summed E-state index contributed by atoms with van der Waals surface area (Å²) in [6, 6.07) is 5.62. The number of hydrogen-bond donors (Lipinski definition) is 2. The lowest BCUT2D eigenvalue weighted by Gasteiger charge is -2.51. The Bertz CT molecular complexity index is 1000. The topological polar surface area (TPSA) is 91.0 Å². The molecule has 8 heteroatoms. The summed E-state index contributed by atoms with van der Waals surface area (Å²) in [5, 5.41) is 5.85. The summed E-state index contributed by atoms with van der Waals surface area (Å²) in [4.78, 5) is 41.1. The number of hydrogen-bond acceptors (Lipinski definition) is 6. The summed E-state index contributed by atoms with van der Waals surface area (Å²) in [6.45, 7) is 5.12. The van der Waals surface area contributed by atoms with E-state index in [0.717, 1.165) is 42.7 Å². The molecule has 2 N–H and O–H groups in total. The Kier molecular flexibility index (Phi) is 6.26. The molecule has 35 heavy (non-hydrogen) atoms. The van der Waals surface area contributed by atoms with Gasteiger partial charge in [0.2, 0.25) is 11.8 Å². The Morgan fingerprint density at radius 2 is 1.71 bits per heavy atom. The molecule has 8 nitrogen and oxygen atoms in total. The van der Waals surface area contributed by atoms with Gasteiger partial charge in [-0.05, 0) is 87.2 Å². The summed E-state index contributed by atoms with van der Waals surface area (Å²) >= 11 is 0. The van der Waals surface area contributed by atoms with Gasteiger partial charge in [0, 0.05) is 37.7 Å². The van der Waals surface area contributed by atoms with Crippen LogP contribution in [0.3, 0.4) is 0 Å². The number of carbonyl (C=O) groups excluding carboxylic acids is 3. The number of piperidine rings is 2. The molecule has 0 aromatic heterocycles. The Hall–Kier alpha value is -2.45. The number of amides is 3. The summed E-state index contributed by atoms with van der Waals surface area (Å²) in [7, 11) is 0. The van der Waals surface area contributed by atoms with Crippen LogP contribution in [0.1, 0.15) is 67.3 Å². The van der Waals surface area contributed by atoms with Crippen LogP contribution in [-0.2, 0) is 16.1 Å². The maximum Gasteiger partial charge on any atom is 0.255 e. The number of fused-ring (bicyclic) bond motifs is 1. The van der Waals surface area contributed by atoms with Crippen LogP contribution in [0.25, 0.3) is 0 Å². The van der Waals surface area contributed by atoms with E-state index in [0.29, 0.717) is 24.6 Å². The largest absolute Gasteiger partial charge is 0.489 e. The van der Waals surface area contributed by atoms with Crippen LogP contribution in [0.15, 0.2) is 18.2 Å². The lowest BCUT2D eigenvalue weighted by Crippen LogP contribution is -2.60. The van der Waals surface area contributed by atoms with E-state index in [-0.39, 0.29) is 30.2 Å². The second-order valence-corrected chi connectivity index (χ2v) is 11.0. The van der Waals surface area contributed by atoms with Crippen molar-refractivity contribution in [1.29, 1.82) is 0 Å². The van der Waals surface area contributed by atoms with E-state index >= 15 is 0 Å². The smallest absolute Gasteiger partial charge is 0.255 e. The molecule has 0 radical (unpaired) electrons. The summed E-state index contributed by atoms with van der Waals surface area (Å²) in [5.74, 6) is 1.75. The van der Waals surface area contributed by atoms with E-state index in [1.165, 1.54) is 45.2 Å². The average Bonchev–Trinajstić information content (AvgIpc) is 3.15. The van der Waals surface area contributed by atoms with Crippen molar-refractivity contribution in [1.82, 2.24) is 20.4 Å². The summed E-state index contributed by atoms with van der Waals surface area (Å²) in [6.07, 6.45) is 8.17. The maximum atomic E-state index is 13.0. The molecule has 3 amide bonds. The Labute approximate surface area is 206 Å². The molecule has 3 unspecified atom stereocenters. The molecule has 4 fully saturated rings. The molecule has 6 rings (SSSR count). The Morgan fingerprint density at radius 1 is 0.914 bits per heavy atom. The standard InChI is InChI=1S/C27H36N4O4/c32-25-8-7-23(26(33)29-25)31-16-18-13-20(5-6-21(18)27(31)34)35-24-4-2-1-3-22(24)30-14-19(15-30)17-9-11-28-12-10-17/h5-6,13,17,19,22-24,28H,1-4,7-12,14-16H2,(H,29,32,33). The lowest BCUT2D eigenvalue weighted by molar-refractivity contribution is -0.136. The molecular weight excluding hydrogens is 444 g/mol. The van der Waals surface area contributed by atoms with Crippen molar-refractivity contribution < 1.29 is 19.1 Å². The van der Waals surface area contributed by atoms with Crippen LogP contribution in [0.5, 0.6) is 5.75 Å². The van der Waals surface area contributed by atoms with Gasteiger partial charge in [0.1, 0.15) is 17.9 Å². The molecule has 3 atom stereocenters. The zero-order valence-corrected chi connectivity index (χ0v) is 20.3. The third-order valence-corrected chi connectivity index (χ3v) is 8.91. The zero-order valence-electron chi connectivity index (χ0n) is 20.3. The van der Waals surface area contributed by atoms with Gasteiger partial charge in [-0.3, -0.25) is 24.6 Å². The van der Waals surface area contributed by atoms with Gasteiger partial charge in [-0.25, -0.2) is 0 Å². The minimum absolute atomic E-state index is 0.138. The third-order valence-electron chi connectivity index (χ3n) is 8.91. The van der Waals surface area contributed by atoms with Crippen molar-refractivity contribution >= 4 is 17.7 Å². The quantitative estimate of drug-likeness (QED) is 0.627. The molecule has 3 saturated heterocycles. The van der Waals surface area contributed by atoms with Gasteiger partial charge in [-0.2, -0.15) is 0 Å². The molecule has 1 aromatic carbocycles. The second kappa shape index (κ2) is 9.54. The first-order valence-corrected chi connectivity index (χ1v) is 13.5. The Morgan fingerprint density at radius 3 is 2.51 bits per heavy atom. The monoisotopic (exact) mass is 480 g/mol. The number of nitrogens with zero attached hydrogens (tertiary/aromatic N) is 2. The number of likely N-dealkylation sites (tertiary alicyclic amines) is 1. The zero-order chi connectivity index (χ0) is 23.9. The highest BCUT2D eigenvalue weighted by atomic mass is 16.5. The molecule has 4 heterocycles. The third kappa shape index (κ3) is 4.47. The van der Waals surface area contributed by atoms with Crippen LogP contribution < -0.4 is 15.4 Å². The predicted molar refractivity (Wildman–Crippen MR) is 130 cm³/mol. The fourth-order valence-corrected chi connectivity index (χ4v) is 6.86. The van der Waals surface area contributed by atoms with E-state index in [4.69, 9.17) is 4.74 Å². The first-order chi connectivity index (χ1) is 17.1. The molecule has 0 spiro atoms. The van der Waals surface area contributed by atoms with Crippen molar-refractivity contribution in [3.63, 3.8) is 0 Å². The van der Waals surface area contributed by atoms with Crippen molar-refractivity contribution in [2.24, 2.45) is 11.8 Å². The number of ether oxygens (including phenoxy) is 1. The first kappa shape index (κ1) is 23.0. The number of nitrogens with one attached hydrogen (secondary N) is 2. The molecule has 5 aliphatic rings. The molecule has 1 saturated carbocycles. The minimum Gasteiger partial charge on any atom is -0.489 e. The first-order valence-electron chi connectivity index (χ1n) is 13.5. The normalized spacial score (nSPS) is 30.7. The predicted octanol–water partition coefficient (Wildman–Crippen LogP) is 2.07. The van der Waals surface area contributed by atoms with Gasteiger partial charge in [0.15, 0.2) is 0 Å². The molecule has 4 aliphatic heterocycles. The van der Waals surface area contributed by atoms with Gasteiger partial charge in [0.25, 0.3) is 5.91 Å². The van der Waals surface area contributed by atoms with Crippen molar-refractivity contribution in [2.45, 2.75) is 76.1 Å². The molecule has 1 aliphatic carbocycles. The van der Waals surface area contributed by atoms with Crippen LogP contribution in [0.2, 0.25) is 0 Å². The van der Waals surface area contributed by atoms with E-state index in [1.807, 2.05) is 18.2 Å². The van der Waals surface area contributed by atoms with Gasteiger partial charge < -0.3 is 15.0 Å². The van der Waals surface area contributed by atoms with Crippen LogP contribution in [0, 0.1) is 11.8 Å². The highest BCUT2D eigenvalue weighted by Gasteiger charge is 2.42. The van der Waals surface area contributed by atoms with Gasteiger partial charge in [-0.1, -0.05) is 6.42 Å². The summed E-state index contributed by atoms with van der Waals surface area (Å²) in [5.41, 5.74) is 1.54. The van der Waals surface area contributed by atoms with E-state index in [1.54, 1.807) is 4.90 Å². The highest BCUT2D eigenvalue weighted by Crippen LogP contribution is 2.37. The second-order valence-electron chi connectivity index (χ2n) is 11.0. The maximum absolute atomic E-state index is 13.0. The highest BCUT2D eigenvalue weighted by molar-refractivity contribution is 6.05. The number of rotatable bonds is 5. The van der Waals surface area contributed by atoms with Crippen LogP contribution in [-0.4, -0.2) is 71.9 Å². The molecule has 188 valence electrons. The fraction of sp³-hybridized carbons (Fsp3) is 0.667. The van der Waals surface area contributed by atoms with E-state index in [2.05, 4.69) is 15.5 Å². The van der Waals surface area contributed by atoms with Crippen LogP contribution >= 0.6 is 0 Å². The van der Waals surface area contributed by atoms with Crippen molar-refractivity contribution in [2.75, 3.05) is 26.2 Å². The lowest BCUT2D eigenvalue weighted by atomic mass is 9.78. The van der Waals surface area contributed by atoms with E-state index < -0.39 is 6.04 Å². The molecule has 1 aromatic rings. The SMILES string of the molecule is O=C1CCC(N2Cc3cc(OC4CCCCC4N4CC(C5CCNCC5)C4)ccc3C2=O)C(=O)N1. The number of carbonyl (C=O) groups is 3. The van der Waals surface area contributed by atoms with Crippen molar-refractivity contribution in [3.8, 4) is 5.75 Å². The van der Waals surface area contributed by atoms with Gasteiger partial charge >= 0.3 is 0 Å². The number of benzene rings is 1. The van der Waals surface area contributed by atoms with E-state index in [9.17, 15) is 14.4 Å². The minimum atomic E-state index is -0.584. The molecule has 0 bridgehead atoms. The fourth-order valence-electron chi connectivity index (χ4n) is 6.86. The van der Waals surface area contributed by atoms with Crippen LogP contribution in [0.4, 0.5) is 0 Å². The molecular formula is C27H36N4O4. The average molecular weight is 481 g/mol. The van der Waals surface area contributed by atoms with Gasteiger partial charge in [-0.15, -0.1) is 0 Å². The number of imide groups is 1.